The van der Waals surface area contributed by atoms with E-state index in [1.807, 2.05) is 4.68 Å². The molecule has 0 aromatic carbocycles. The fourth-order valence-corrected chi connectivity index (χ4v) is 3.29. The lowest BCUT2D eigenvalue weighted by Crippen LogP contribution is -2.37. The van der Waals surface area contributed by atoms with E-state index in [0.717, 1.165) is 50.4 Å². The molecule has 1 aliphatic carbocycles. The second-order valence-corrected chi connectivity index (χ2v) is 6.08. The Morgan fingerprint density at radius 1 is 1.09 bits per heavy atom. The first-order valence-electron chi connectivity index (χ1n) is 8.11. The highest BCUT2D eigenvalue weighted by Gasteiger charge is 2.27. The molecule has 1 fully saturated rings. The van der Waals surface area contributed by atoms with Gasteiger partial charge in [0.15, 0.2) is 5.78 Å². The number of anilines is 2. The van der Waals surface area contributed by atoms with Crippen LogP contribution in [0.5, 0.6) is 0 Å². The Hall–Kier alpha value is -1.89. The summed E-state index contributed by atoms with van der Waals surface area (Å²) in [5.41, 5.74) is 1.95. The molecule has 0 saturated carbocycles. The molecule has 7 heteroatoms. The van der Waals surface area contributed by atoms with Gasteiger partial charge in [0.25, 0.3) is 0 Å². The molecule has 1 aromatic heterocycles. The minimum absolute atomic E-state index is 0.219. The number of Topliss-reactive ketones (excluding diaryl/α,β-unsaturated/α-hetero) is 1. The van der Waals surface area contributed by atoms with Gasteiger partial charge in [-0.1, -0.05) is 6.42 Å². The molecule has 0 bridgehead atoms. The van der Waals surface area contributed by atoms with Crippen molar-refractivity contribution in [3.63, 3.8) is 0 Å². The maximum absolute atomic E-state index is 12.3. The van der Waals surface area contributed by atoms with E-state index in [-0.39, 0.29) is 5.78 Å². The van der Waals surface area contributed by atoms with Crippen molar-refractivity contribution >= 4 is 17.7 Å². The first-order valence-corrected chi connectivity index (χ1v) is 8.11. The number of hydrogen-bond donors (Lipinski definition) is 1. The number of nitrogens with one attached hydrogen (secondary N) is 1. The average Bonchev–Trinajstić information content (AvgIpc) is 2.95. The number of hydrogen-bond acceptors (Lipinski definition) is 6. The molecule has 0 amide bonds. The number of carbonyl (C=O) groups excluding carboxylic acids is 1. The van der Waals surface area contributed by atoms with Crippen molar-refractivity contribution in [1.29, 1.82) is 0 Å². The maximum Gasteiger partial charge on any atom is 0.246 e. The molecule has 118 valence electrons. The molecule has 1 saturated heterocycles. The van der Waals surface area contributed by atoms with Crippen LogP contribution in [0.2, 0.25) is 0 Å². The number of ketones is 1. The van der Waals surface area contributed by atoms with Gasteiger partial charge in [-0.15, -0.1) is 5.10 Å². The fraction of sp³-hybridized carbons (Fsp3) is 0.667. The monoisotopic (exact) mass is 303 g/mol. The lowest BCUT2D eigenvalue weighted by atomic mass is 9.95. The molecule has 7 nitrogen and oxygen atoms in total. The molecule has 2 aliphatic heterocycles. The summed E-state index contributed by atoms with van der Waals surface area (Å²) in [7, 11) is 0. The SMILES string of the molecule is O=C1CCCCCC2=C1Nc1nc(N3CCOCC3)nn1C2. The molecule has 0 spiro atoms. The number of morpholine rings is 1. The summed E-state index contributed by atoms with van der Waals surface area (Å²) in [5.74, 6) is 1.64. The molecular formula is C15H21N5O2. The molecule has 1 N–H and O–H groups in total. The Balaban J connectivity index is 1.59. The smallest absolute Gasteiger partial charge is 0.246 e. The Kier molecular flexibility index (Phi) is 3.57. The molecule has 1 aromatic rings. The van der Waals surface area contributed by atoms with Crippen LogP contribution in [-0.4, -0.2) is 46.9 Å². The quantitative estimate of drug-likeness (QED) is 0.844. The lowest BCUT2D eigenvalue weighted by Gasteiger charge is -2.25. The summed E-state index contributed by atoms with van der Waals surface area (Å²) >= 11 is 0. The summed E-state index contributed by atoms with van der Waals surface area (Å²) in [6.07, 6.45) is 4.87. The Labute approximate surface area is 129 Å². The highest BCUT2D eigenvalue weighted by molar-refractivity contribution is 5.98. The van der Waals surface area contributed by atoms with E-state index in [0.29, 0.717) is 32.1 Å². The predicted molar refractivity (Wildman–Crippen MR) is 81.8 cm³/mol. The third-order valence-corrected chi connectivity index (χ3v) is 4.55. The molecule has 0 radical (unpaired) electrons. The van der Waals surface area contributed by atoms with E-state index in [1.165, 1.54) is 5.57 Å². The highest BCUT2D eigenvalue weighted by Crippen LogP contribution is 2.29. The molecule has 3 heterocycles. The molecular weight excluding hydrogens is 282 g/mol. The number of rotatable bonds is 1. The maximum atomic E-state index is 12.3. The highest BCUT2D eigenvalue weighted by atomic mass is 16.5. The van der Waals surface area contributed by atoms with Crippen LogP contribution in [-0.2, 0) is 16.1 Å². The topological polar surface area (TPSA) is 72.3 Å². The van der Waals surface area contributed by atoms with Crippen LogP contribution in [0.3, 0.4) is 0 Å². The van der Waals surface area contributed by atoms with Gasteiger partial charge in [0, 0.05) is 19.5 Å². The Bertz CT molecular complexity index is 615. The summed E-state index contributed by atoms with van der Waals surface area (Å²) in [6, 6.07) is 0. The van der Waals surface area contributed by atoms with Crippen LogP contribution in [0, 0.1) is 0 Å². The zero-order valence-electron chi connectivity index (χ0n) is 12.7. The summed E-state index contributed by atoms with van der Waals surface area (Å²) < 4.78 is 7.26. The van der Waals surface area contributed by atoms with Crippen molar-refractivity contribution in [3.8, 4) is 0 Å². The summed E-state index contributed by atoms with van der Waals surface area (Å²) in [6.45, 7) is 3.74. The average molecular weight is 303 g/mol. The van der Waals surface area contributed by atoms with Crippen LogP contribution >= 0.6 is 0 Å². The van der Waals surface area contributed by atoms with E-state index < -0.39 is 0 Å². The van der Waals surface area contributed by atoms with Crippen LogP contribution < -0.4 is 10.2 Å². The first-order chi connectivity index (χ1) is 10.8. The molecule has 4 rings (SSSR count). The van der Waals surface area contributed by atoms with Gasteiger partial charge in [0.2, 0.25) is 11.9 Å². The first kappa shape index (κ1) is 13.8. The van der Waals surface area contributed by atoms with Gasteiger partial charge < -0.3 is 15.0 Å². The van der Waals surface area contributed by atoms with Gasteiger partial charge in [-0.2, -0.15) is 4.98 Å². The van der Waals surface area contributed by atoms with Gasteiger partial charge >= 0.3 is 0 Å². The van der Waals surface area contributed by atoms with Crippen molar-refractivity contribution in [2.24, 2.45) is 0 Å². The van der Waals surface area contributed by atoms with Crippen LogP contribution in [0.1, 0.15) is 32.1 Å². The van der Waals surface area contributed by atoms with E-state index in [9.17, 15) is 4.79 Å². The van der Waals surface area contributed by atoms with Gasteiger partial charge in [0.05, 0.1) is 25.5 Å². The molecule has 22 heavy (non-hydrogen) atoms. The van der Waals surface area contributed by atoms with Gasteiger partial charge in [-0.3, -0.25) is 4.79 Å². The van der Waals surface area contributed by atoms with Gasteiger partial charge in [-0.25, -0.2) is 4.68 Å². The fourth-order valence-electron chi connectivity index (χ4n) is 3.29. The Morgan fingerprint density at radius 2 is 1.91 bits per heavy atom. The van der Waals surface area contributed by atoms with Crippen molar-refractivity contribution in [1.82, 2.24) is 14.8 Å². The zero-order valence-corrected chi connectivity index (χ0v) is 12.7. The Morgan fingerprint density at radius 3 is 2.77 bits per heavy atom. The van der Waals surface area contributed by atoms with E-state index in [4.69, 9.17) is 4.74 Å². The molecule has 0 unspecified atom stereocenters. The van der Waals surface area contributed by atoms with Gasteiger partial charge in [0.1, 0.15) is 0 Å². The second-order valence-electron chi connectivity index (χ2n) is 6.08. The zero-order chi connectivity index (χ0) is 14.9. The van der Waals surface area contributed by atoms with Crippen LogP contribution in [0.25, 0.3) is 0 Å². The lowest BCUT2D eigenvalue weighted by molar-refractivity contribution is -0.115. The number of fused-ring (bicyclic) bond motifs is 1. The minimum Gasteiger partial charge on any atom is -0.378 e. The van der Waals surface area contributed by atoms with Crippen molar-refractivity contribution in [2.45, 2.75) is 38.6 Å². The predicted octanol–water partition coefficient (Wildman–Crippen LogP) is 1.33. The number of carbonyl (C=O) groups is 1. The van der Waals surface area contributed by atoms with Gasteiger partial charge in [-0.05, 0) is 24.8 Å². The third-order valence-electron chi connectivity index (χ3n) is 4.55. The summed E-state index contributed by atoms with van der Waals surface area (Å²) in [4.78, 5) is 19.0. The number of nitrogens with zero attached hydrogens (tertiary/aromatic N) is 4. The second kappa shape index (κ2) is 5.72. The standard InChI is InChI=1S/C15H21N5O2/c21-12-5-3-1-2-4-11-10-20-14(16-13(11)12)17-15(18-20)19-6-8-22-9-7-19/h1-10H2,(H,16,17,18). The number of aromatic nitrogens is 3. The minimum atomic E-state index is 0.219. The van der Waals surface area contributed by atoms with Crippen LogP contribution in [0.15, 0.2) is 11.3 Å². The largest absolute Gasteiger partial charge is 0.378 e. The summed E-state index contributed by atoms with van der Waals surface area (Å²) in [5, 5.41) is 7.85. The van der Waals surface area contributed by atoms with Crippen LogP contribution in [0.4, 0.5) is 11.9 Å². The molecule has 3 aliphatic rings. The molecule has 0 atom stereocenters. The number of ether oxygens (including phenoxy) is 1. The normalized spacial score (nSPS) is 22.5. The van der Waals surface area contributed by atoms with Crippen molar-refractivity contribution in [3.05, 3.63) is 11.3 Å². The van der Waals surface area contributed by atoms with E-state index in [2.05, 4.69) is 20.3 Å². The van der Waals surface area contributed by atoms with E-state index in [1.54, 1.807) is 0 Å². The van der Waals surface area contributed by atoms with E-state index >= 15 is 0 Å². The van der Waals surface area contributed by atoms with Crippen molar-refractivity contribution in [2.75, 3.05) is 36.5 Å². The van der Waals surface area contributed by atoms with Crippen molar-refractivity contribution < 1.29 is 9.53 Å². The third kappa shape index (κ3) is 2.49. The number of allylic oxidation sites excluding steroid dienone is 2.